The van der Waals surface area contributed by atoms with Crippen LogP contribution in [0.25, 0.3) is 22.3 Å². The van der Waals surface area contributed by atoms with Crippen molar-refractivity contribution < 1.29 is 9.21 Å². The summed E-state index contributed by atoms with van der Waals surface area (Å²) in [6.07, 6.45) is 0. The maximum Gasteiger partial charge on any atom is 0.258 e. The zero-order valence-corrected chi connectivity index (χ0v) is 17.6. The van der Waals surface area contributed by atoms with Crippen LogP contribution in [0.5, 0.6) is 0 Å². The van der Waals surface area contributed by atoms with Gasteiger partial charge in [-0.15, -0.1) is 5.10 Å². The fourth-order valence-electron chi connectivity index (χ4n) is 3.21. The van der Waals surface area contributed by atoms with E-state index in [9.17, 15) is 9.59 Å². The van der Waals surface area contributed by atoms with Gasteiger partial charge in [0.25, 0.3) is 5.91 Å². The number of aryl methyl sites for hydroxylation is 2. The number of aromatic nitrogens is 3. The van der Waals surface area contributed by atoms with Crippen molar-refractivity contribution in [1.82, 2.24) is 15.2 Å². The van der Waals surface area contributed by atoms with Crippen molar-refractivity contribution in [3.63, 3.8) is 0 Å². The van der Waals surface area contributed by atoms with Crippen LogP contribution >= 0.6 is 11.8 Å². The number of benzene rings is 2. The van der Waals surface area contributed by atoms with Gasteiger partial charge in [-0.2, -0.15) is 4.98 Å². The molecule has 0 aliphatic rings. The molecule has 4 aromatic rings. The summed E-state index contributed by atoms with van der Waals surface area (Å²) in [7, 11) is 0. The minimum Gasteiger partial charge on any atom is -0.456 e. The minimum atomic E-state index is -0.308. The molecule has 0 unspecified atom stereocenters. The topological polar surface area (TPSA) is 101 Å². The third-order valence-corrected chi connectivity index (χ3v) is 5.29. The average Bonchev–Trinajstić information content (AvgIpc) is 3.16. The van der Waals surface area contributed by atoms with Gasteiger partial charge in [-0.05, 0) is 48.9 Å². The Hall–Kier alpha value is -3.39. The molecule has 1 amide bonds. The fourth-order valence-corrected chi connectivity index (χ4v) is 3.74. The standard InChI is InChI=1S/C22H20N4O3S/c1-4-30-22-24-21(25-26-22)23-20(28)15-7-5-14(6-8-15)18-11-17(27)16-10-12(2)9-13(3)19(16)29-18/h5-11H,4H2,1-3H3,(H2,23,24,25,26,28). The second-order valence-electron chi connectivity index (χ2n) is 6.86. The van der Waals surface area contributed by atoms with Crippen molar-refractivity contribution >= 4 is 34.6 Å². The lowest BCUT2D eigenvalue weighted by Gasteiger charge is -2.07. The van der Waals surface area contributed by atoms with Crippen LogP contribution in [0.15, 0.2) is 56.8 Å². The largest absolute Gasteiger partial charge is 0.456 e. The molecule has 4 rings (SSSR count). The third kappa shape index (κ3) is 3.99. The Balaban J connectivity index is 1.58. The van der Waals surface area contributed by atoms with Crippen molar-refractivity contribution in [3.05, 3.63) is 69.4 Å². The van der Waals surface area contributed by atoms with E-state index in [2.05, 4.69) is 20.5 Å². The van der Waals surface area contributed by atoms with Gasteiger partial charge in [0.15, 0.2) is 5.43 Å². The minimum absolute atomic E-state index is 0.0917. The molecule has 2 aromatic heterocycles. The van der Waals surface area contributed by atoms with Crippen LogP contribution in [0.1, 0.15) is 28.4 Å². The van der Waals surface area contributed by atoms with E-state index in [0.717, 1.165) is 16.9 Å². The highest BCUT2D eigenvalue weighted by molar-refractivity contribution is 7.99. The highest BCUT2D eigenvalue weighted by Gasteiger charge is 2.12. The van der Waals surface area contributed by atoms with E-state index in [1.54, 1.807) is 24.3 Å². The number of rotatable bonds is 5. The van der Waals surface area contributed by atoms with E-state index < -0.39 is 0 Å². The van der Waals surface area contributed by atoms with E-state index >= 15 is 0 Å². The molecule has 30 heavy (non-hydrogen) atoms. The second-order valence-corrected chi connectivity index (χ2v) is 8.10. The van der Waals surface area contributed by atoms with E-state index in [-0.39, 0.29) is 11.3 Å². The third-order valence-electron chi connectivity index (χ3n) is 4.56. The molecule has 2 heterocycles. The summed E-state index contributed by atoms with van der Waals surface area (Å²) < 4.78 is 6.01. The van der Waals surface area contributed by atoms with Crippen LogP contribution in [0.2, 0.25) is 0 Å². The van der Waals surface area contributed by atoms with Gasteiger partial charge in [0.05, 0.1) is 5.39 Å². The zero-order chi connectivity index (χ0) is 21.3. The molecule has 152 valence electrons. The first-order valence-electron chi connectivity index (χ1n) is 9.46. The lowest BCUT2D eigenvalue weighted by atomic mass is 10.1. The summed E-state index contributed by atoms with van der Waals surface area (Å²) in [5.41, 5.74) is 3.58. The predicted octanol–water partition coefficient (Wildman–Crippen LogP) is 4.56. The summed E-state index contributed by atoms with van der Waals surface area (Å²) in [6, 6.07) is 12.2. The van der Waals surface area contributed by atoms with Crippen molar-refractivity contribution in [1.29, 1.82) is 0 Å². The molecule has 7 nitrogen and oxygen atoms in total. The molecule has 2 N–H and O–H groups in total. The molecular formula is C22H20N4O3S. The van der Waals surface area contributed by atoms with Crippen LogP contribution in [0, 0.1) is 13.8 Å². The van der Waals surface area contributed by atoms with Crippen LogP contribution in [-0.2, 0) is 0 Å². The number of fused-ring (bicyclic) bond motifs is 1. The van der Waals surface area contributed by atoms with Crippen LogP contribution in [0.3, 0.4) is 0 Å². The molecule has 0 aliphatic heterocycles. The van der Waals surface area contributed by atoms with Gasteiger partial charge in [-0.3, -0.25) is 14.9 Å². The number of nitrogens with zero attached hydrogens (tertiary/aromatic N) is 2. The SMILES string of the molecule is CCSc1n[nH]c(NC(=O)c2ccc(-c3cc(=O)c4cc(C)cc(C)c4o3)cc2)n1. The van der Waals surface area contributed by atoms with Crippen molar-refractivity contribution in [3.8, 4) is 11.3 Å². The lowest BCUT2D eigenvalue weighted by Crippen LogP contribution is -2.12. The number of H-pyrrole nitrogens is 1. The Kier molecular flexibility index (Phi) is 5.41. The number of aromatic amines is 1. The number of carbonyl (C=O) groups is 1. The number of nitrogens with one attached hydrogen (secondary N) is 2. The number of carbonyl (C=O) groups excluding carboxylic acids is 1. The quantitative estimate of drug-likeness (QED) is 0.459. The summed E-state index contributed by atoms with van der Waals surface area (Å²) >= 11 is 1.48. The summed E-state index contributed by atoms with van der Waals surface area (Å²) in [5, 5.41) is 10.6. The summed E-state index contributed by atoms with van der Waals surface area (Å²) in [5.74, 6) is 1.29. The Labute approximate surface area is 176 Å². The first-order chi connectivity index (χ1) is 14.4. The molecular weight excluding hydrogens is 400 g/mol. The van der Waals surface area contributed by atoms with E-state index in [4.69, 9.17) is 4.42 Å². The van der Waals surface area contributed by atoms with E-state index in [1.807, 2.05) is 32.9 Å². The highest BCUT2D eigenvalue weighted by atomic mass is 32.2. The number of hydrogen-bond donors (Lipinski definition) is 2. The Morgan fingerprint density at radius 3 is 2.67 bits per heavy atom. The van der Waals surface area contributed by atoms with Gasteiger partial charge >= 0.3 is 0 Å². The number of anilines is 1. The highest BCUT2D eigenvalue weighted by Crippen LogP contribution is 2.25. The molecule has 0 spiro atoms. The average molecular weight is 420 g/mol. The molecule has 2 aromatic carbocycles. The van der Waals surface area contributed by atoms with E-state index in [0.29, 0.717) is 39.0 Å². The monoisotopic (exact) mass is 420 g/mol. The van der Waals surface area contributed by atoms with Crippen molar-refractivity contribution in [2.24, 2.45) is 0 Å². The Bertz CT molecular complexity index is 1290. The number of hydrogen-bond acceptors (Lipinski definition) is 6. The predicted molar refractivity (Wildman–Crippen MR) is 118 cm³/mol. The first-order valence-corrected chi connectivity index (χ1v) is 10.4. The fraction of sp³-hybridized carbons (Fsp3) is 0.182. The first kappa shape index (κ1) is 19.9. The van der Waals surface area contributed by atoms with Crippen LogP contribution < -0.4 is 10.7 Å². The smallest absolute Gasteiger partial charge is 0.258 e. The maximum atomic E-state index is 12.6. The van der Waals surface area contributed by atoms with Crippen molar-refractivity contribution in [2.45, 2.75) is 25.9 Å². The van der Waals surface area contributed by atoms with Crippen molar-refractivity contribution in [2.75, 3.05) is 11.1 Å². The molecule has 0 radical (unpaired) electrons. The van der Waals surface area contributed by atoms with Gasteiger partial charge in [-0.25, -0.2) is 5.10 Å². The molecule has 0 atom stereocenters. The molecule has 0 aliphatic carbocycles. The molecule has 8 heteroatoms. The number of thioether (sulfide) groups is 1. The zero-order valence-electron chi connectivity index (χ0n) is 16.8. The van der Waals surface area contributed by atoms with Crippen LogP contribution in [-0.4, -0.2) is 26.8 Å². The van der Waals surface area contributed by atoms with Gasteiger partial charge < -0.3 is 4.42 Å². The molecule has 0 fully saturated rings. The Morgan fingerprint density at radius 1 is 1.17 bits per heavy atom. The summed E-state index contributed by atoms with van der Waals surface area (Å²) in [4.78, 5) is 29.2. The number of amides is 1. The molecule has 0 saturated carbocycles. The summed E-state index contributed by atoms with van der Waals surface area (Å²) in [6.45, 7) is 5.87. The Morgan fingerprint density at radius 2 is 1.93 bits per heavy atom. The lowest BCUT2D eigenvalue weighted by molar-refractivity contribution is 0.102. The molecule has 0 saturated heterocycles. The van der Waals surface area contributed by atoms with Gasteiger partial charge in [-0.1, -0.05) is 36.9 Å². The maximum absolute atomic E-state index is 12.6. The second kappa shape index (κ2) is 8.16. The van der Waals surface area contributed by atoms with Crippen LogP contribution in [0.4, 0.5) is 5.95 Å². The van der Waals surface area contributed by atoms with Gasteiger partial charge in [0, 0.05) is 17.2 Å². The normalized spacial score (nSPS) is 11.0. The van der Waals surface area contributed by atoms with Gasteiger partial charge in [0.1, 0.15) is 11.3 Å². The molecule has 0 bridgehead atoms. The van der Waals surface area contributed by atoms with Gasteiger partial charge in [0.2, 0.25) is 11.1 Å². The van der Waals surface area contributed by atoms with E-state index in [1.165, 1.54) is 17.8 Å².